The lowest BCUT2D eigenvalue weighted by Crippen LogP contribution is -2.65. The van der Waals surface area contributed by atoms with Gasteiger partial charge < -0.3 is 9.47 Å². The molecule has 0 amide bonds. The van der Waals surface area contributed by atoms with E-state index in [4.69, 9.17) is 9.47 Å². The van der Waals surface area contributed by atoms with Gasteiger partial charge in [-0.2, -0.15) is 0 Å². The Morgan fingerprint density at radius 2 is 2.05 bits per heavy atom. The Morgan fingerprint density at radius 1 is 1.41 bits per heavy atom. The Hall–Kier alpha value is -1.99. The van der Waals surface area contributed by atoms with Crippen molar-refractivity contribution in [3.05, 3.63) is 46.0 Å². The third-order valence-electron chi connectivity index (χ3n) is 3.63. The van der Waals surface area contributed by atoms with Crippen molar-refractivity contribution in [3.63, 3.8) is 0 Å². The molecule has 0 bridgehead atoms. The average molecular weight is 308 g/mol. The minimum Gasteiger partial charge on any atom is -0.454 e. The van der Waals surface area contributed by atoms with E-state index in [0.29, 0.717) is 0 Å². The van der Waals surface area contributed by atoms with E-state index in [2.05, 4.69) is 5.32 Å². The molecule has 7 heteroatoms. The van der Waals surface area contributed by atoms with Crippen LogP contribution in [0.2, 0.25) is 0 Å². The maximum absolute atomic E-state index is 12.0. The predicted octanol–water partition coefficient (Wildman–Crippen LogP) is 1.10. The number of carbonyl (C=O) groups excluding carboxylic acids is 1. The largest absolute Gasteiger partial charge is 0.454 e. The molecule has 0 radical (unpaired) electrons. The third kappa shape index (κ3) is 4.02. The second-order valence-electron chi connectivity index (χ2n) is 5.97. The molecule has 22 heavy (non-hydrogen) atoms. The van der Waals surface area contributed by atoms with Crippen LogP contribution in [-0.2, 0) is 19.9 Å². The highest BCUT2D eigenvalue weighted by Crippen LogP contribution is 2.24. The van der Waals surface area contributed by atoms with Gasteiger partial charge in [0.25, 0.3) is 0 Å². The van der Waals surface area contributed by atoms with Gasteiger partial charge in [0.2, 0.25) is 6.54 Å². The summed E-state index contributed by atoms with van der Waals surface area (Å²) in [7, 11) is 0. The van der Waals surface area contributed by atoms with E-state index in [-0.39, 0.29) is 26.3 Å². The number of carbonyl (C=O) groups is 1. The quantitative estimate of drug-likeness (QED) is 0.461. The lowest BCUT2D eigenvalue weighted by molar-refractivity contribution is -0.498. The van der Waals surface area contributed by atoms with Crippen LogP contribution in [0.15, 0.2) is 30.3 Å². The molecule has 0 unspecified atom stereocenters. The molecule has 1 aliphatic rings. The van der Waals surface area contributed by atoms with Gasteiger partial charge >= 0.3 is 5.97 Å². The fraction of sp³-hybridized carbons (Fsp3) is 0.533. The summed E-state index contributed by atoms with van der Waals surface area (Å²) >= 11 is 0. The number of nitro groups is 1. The molecule has 0 aliphatic carbocycles. The van der Waals surface area contributed by atoms with Crippen molar-refractivity contribution < 1.29 is 19.2 Å². The molecule has 2 rings (SSSR count). The molecule has 1 N–H and O–H groups in total. The van der Waals surface area contributed by atoms with Gasteiger partial charge in [-0.1, -0.05) is 30.3 Å². The molecule has 0 aromatic heterocycles. The minimum absolute atomic E-state index is 0.0898. The Balaban J connectivity index is 1.89. The first kappa shape index (κ1) is 16.4. The van der Waals surface area contributed by atoms with Gasteiger partial charge in [-0.25, -0.2) is 0 Å². The Kier molecular flexibility index (Phi) is 4.77. The topological polar surface area (TPSA) is 90.7 Å². The number of rotatable bonds is 7. The van der Waals surface area contributed by atoms with Crippen molar-refractivity contribution in [1.82, 2.24) is 5.32 Å². The molecule has 1 aliphatic heterocycles. The highest BCUT2D eigenvalue weighted by molar-refractivity contribution is 5.72. The van der Waals surface area contributed by atoms with Crippen molar-refractivity contribution in [2.75, 3.05) is 26.3 Å². The molecule has 0 saturated carbocycles. The van der Waals surface area contributed by atoms with Crippen LogP contribution in [0.5, 0.6) is 0 Å². The van der Waals surface area contributed by atoms with Gasteiger partial charge in [-0.05, 0) is 19.4 Å². The fourth-order valence-electron chi connectivity index (χ4n) is 2.32. The van der Waals surface area contributed by atoms with Gasteiger partial charge in [0.1, 0.15) is 11.1 Å². The number of nitrogens with zero attached hydrogens (tertiary/aromatic N) is 1. The Morgan fingerprint density at radius 3 is 2.55 bits per heavy atom. The zero-order valence-electron chi connectivity index (χ0n) is 12.7. The first-order valence-electron chi connectivity index (χ1n) is 7.05. The SMILES string of the molecule is CC(C)(OC(=O)CNC1(C[N+](=O)[O-])COC1)c1ccccc1. The standard InChI is InChI=1S/C15H20N2O5/c1-14(2,12-6-4-3-5-7-12)22-13(18)8-16-15(9-17(19)20)10-21-11-15/h3-7,16H,8-11H2,1-2H3. The average Bonchev–Trinajstić information content (AvgIpc) is 2.42. The van der Waals surface area contributed by atoms with E-state index in [0.717, 1.165) is 5.56 Å². The smallest absolute Gasteiger partial charge is 0.320 e. The minimum atomic E-state index is -0.764. The van der Waals surface area contributed by atoms with Crippen LogP contribution in [0.3, 0.4) is 0 Å². The van der Waals surface area contributed by atoms with E-state index < -0.39 is 22.0 Å². The summed E-state index contributed by atoms with van der Waals surface area (Å²) in [5.74, 6) is -0.455. The second kappa shape index (κ2) is 6.41. The van der Waals surface area contributed by atoms with Gasteiger partial charge in [-0.15, -0.1) is 0 Å². The summed E-state index contributed by atoms with van der Waals surface area (Å²) < 4.78 is 10.5. The zero-order chi connectivity index (χ0) is 16.2. The summed E-state index contributed by atoms with van der Waals surface area (Å²) in [5.41, 5.74) is -0.637. The van der Waals surface area contributed by atoms with Crippen molar-refractivity contribution in [2.45, 2.75) is 25.0 Å². The second-order valence-corrected chi connectivity index (χ2v) is 5.97. The van der Waals surface area contributed by atoms with Gasteiger partial charge in [0.15, 0.2) is 0 Å². The number of nitrogens with one attached hydrogen (secondary N) is 1. The summed E-state index contributed by atoms with van der Waals surface area (Å²) in [6.45, 7) is 3.70. The first-order chi connectivity index (χ1) is 10.3. The van der Waals surface area contributed by atoms with Crippen LogP contribution < -0.4 is 5.32 Å². The van der Waals surface area contributed by atoms with Crippen LogP contribution >= 0.6 is 0 Å². The molecule has 0 atom stereocenters. The summed E-state index contributed by atoms with van der Waals surface area (Å²) in [6, 6.07) is 9.41. The molecular weight excluding hydrogens is 288 g/mol. The Bertz CT molecular complexity index is 540. The number of ether oxygens (including phenoxy) is 2. The van der Waals surface area contributed by atoms with Gasteiger partial charge in [-0.3, -0.25) is 20.2 Å². The number of hydrogen-bond donors (Lipinski definition) is 1. The predicted molar refractivity (Wildman–Crippen MR) is 79.0 cm³/mol. The molecule has 7 nitrogen and oxygen atoms in total. The summed E-state index contributed by atoms with van der Waals surface area (Å²) in [4.78, 5) is 22.3. The number of hydrogen-bond acceptors (Lipinski definition) is 6. The fourth-order valence-corrected chi connectivity index (χ4v) is 2.32. The molecular formula is C15H20N2O5. The molecule has 1 aromatic rings. The first-order valence-corrected chi connectivity index (χ1v) is 7.05. The maximum atomic E-state index is 12.0. The van der Waals surface area contributed by atoms with Crippen LogP contribution in [-0.4, -0.2) is 42.7 Å². The van der Waals surface area contributed by atoms with E-state index in [1.165, 1.54) is 0 Å². The van der Waals surface area contributed by atoms with Gasteiger partial charge in [0.05, 0.1) is 19.8 Å². The molecule has 1 aromatic carbocycles. The van der Waals surface area contributed by atoms with E-state index in [1.54, 1.807) is 13.8 Å². The van der Waals surface area contributed by atoms with E-state index in [9.17, 15) is 14.9 Å². The molecule has 1 saturated heterocycles. The van der Waals surface area contributed by atoms with Gasteiger partial charge in [0, 0.05) is 4.92 Å². The van der Waals surface area contributed by atoms with Crippen LogP contribution in [0, 0.1) is 10.1 Å². The highest BCUT2D eigenvalue weighted by Gasteiger charge is 2.44. The molecule has 1 fully saturated rings. The lowest BCUT2D eigenvalue weighted by atomic mass is 9.97. The third-order valence-corrected chi connectivity index (χ3v) is 3.63. The normalized spacial score (nSPS) is 16.6. The number of esters is 1. The van der Waals surface area contributed by atoms with Crippen LogP contribution in [0.4, 0.5) is 0 Å². The van der Waals surface area contributed by atoms with Crippen LogP contribution in [0.25, 0.3) is 0 Å². The molecule has 0 spiro atoms. The lowest BCUT2D eigenvalue weighted by Gasteiger charge is -2.38. The molecule has 1 heterocycles. The van der Waals surface area contributed by atoms with Crippen LogP contribution in [0.1, 0.15) is 19.4 Å². The monoisotopic (exact) mass is 308 g/mol. The van der Waals surface area contributed by atoms with Crippen molar-refractivity contribution in [1.29, 1.82) is 0 Å². The summed E-state index contributed by atoms with van der Waals surface area (Å²) in [5, 5.41) is 13.6. The van der Waals surface area contributed by atoms with E-state index in [1.807, 2.05) is 30.3 Å². The van der Waals surface area contributed by atoms with Crippen molar-refractivity contribution >= 4 is 5.97 Å². The molecule has 120 valence electrons. The maximum Gasteiger partial charge on any atom is 0.320 e. The van der Waals surface area contributed by atoms with Crippen molar-refractivity contribution in [3.8, 4) is 0 Å². The summed E-state index contributed by atoms with van der Waals surface area (Å²) in [6.07, 6.45) is 0. The Labute approximate surface area is 128 Å². The van der Waals surface area contributed by atoms with Crippen molar-refractivity contribution in [2.24, 2.45) is 0 Å². The number of benzene rings is 1. The highest BCUT2D eigenvalue weighted by atomic mass is 16.6. The van der Waals surface area contributed by atoms with E-state index >= 15 is 0 Å². The zero-order valence-corrected chi connectivity index (χ0v) is 12.7.